The van der Waals surface area contributed by atoms with E-state index in [9.17, 15) is 35.9 Å². The number of likely N-dealkylation sites (tertiary alicyclic amines) is 1. The van der Waals surface area contributed by atoms with Gasteiger partial charge in [-0.05, 0) is 43.0 Å². The number of benzene rings is 2. The predicted octanol–water partition coefficient (Wildman–Crippen LogP) is 5.07. The van der Waals surface area contributed by atoms with Gasteiger partial charge >= 0.3 is 6.18 Å². The molecule has 2 saturated heterocycles. The van der Waals surface area contributed by atoms with Crippen molar-refractivity contribution < 1.29 is 45.1 Å². The van der Waals surface area contributed by atoms with Crippen LogP contribution in [0.1, 0.15) is 58.0 Å². The van der Waals surface area contributed by atoms with Crippen LogP contribution in [-0.2, 0) is 11.3 Å². The highest BCUT2D eigenvalue weighted by Gasteiger charge is 2.39. The molecule has 0 radical (unpaired) electrons. The predicted molar refractivity (Wildman–Crippen MR) is 167 cm³/mol. The van der Waals surface area contributed by atoms with Crippen LogP contribution in [0.5, 0.6) is 0 Å². The number of nitrogens with zero attached hydrogens (tertiary/aromatic N) is 3. The van der Waals surface area contributed by atoms with Crippen molar-refractivity contribution in [2.45, 2.75) is 57.2 Å². The summed E-state index contributed by atoms with van der Waals surface area (Å²) in [7, 11) is 1.23. The number of fused-ring (bicyclic) bond motifs is 1. The average molecular weight is 697 g/mol. The smallest absolute Gasteiger partial charge is 0.381 e. The van der Waals surface area contributed by atoms with Gasteiger partial charge in [0, 0.05) is 56.2 Å². The second-order valence-electron chi connectivity index (χ2n) is 12.1. The zero-order chi connectivity index (χ0) is 35.5. The van der Waals surface area contributed by atoms with Gasteiger partial charge < -0.3 is 25.3 Å². The van der Waals surface area contributed by atoms with Crippen LogP contribution >= 0.6 is 0 Å². The van der Waals surface area contributed by atoms with Gasteiger partial charge in [0.25, 0.3) is 18.2 Å². The number of aromatic nitrogens is 2. The van der Waals surface area contributed by atoms with E-state index in [1.54, 1.807) is 0 Å². The van der Waals surface area contributed by atoms with E-state index in [-0.39, 0.29) is 52.9 Å². The lowest BCUT2D eigenvalue weighted by atomic mass is 9.89. The topological polar surface area (TPSA) is 101 Å². The Morgan fingerprint density at radius 1 is 1.08 bits per heavy atom. The van der Waals surface area contributed by atoms with E-state index < -0.39 is 60.1 Å². The Labute approximate surface area is 277 Å². The summed E-state index contributed by atoms with van der Waals surface area (Å²) in [6.45, 7) is 1.96. The minimum Gasteiger partial charge on any atom is -0.381 e. The van der Waals surface area contributed by atoms with Gasteiger partial charge in [0.1, 0.15) is 24.1 Å². The van der Waals surface area contributed by atoms with E-state index in [4.69, 9.17) is 4.74 Å². The van der Waals surface area contributed by atoms with Crippen molar-refractivity contribution in [1.29, 1.82) is 0 Å². The summed E-state index contributed by atoms with van der Waals surface area (Å²) in [5.74, 6) is 2.39. The van der Waals surface area contributed by atoms with Crippen LogP contribution in [0.15, 0.2) is 30.6 Å². The van der Waals surface area contributed by atoms with E-state index >= 15 is 4.39 Å². The van der Waals surface area contributed by atoms with Gasteiger partial charge in [-0.3, -0.25) is 14.5 Å². The summed E-state index contributed by atoms with van der Waals surface area (Å²) in [5, 5.41) is 7.47. The Morgan fingerprint density at radius 3 is 2.47 bits per heavy atom. The third-order valence-electron chi connectivity index (χ3n) is 8.70. The molecule has 2 fully saturated rings. The van der Waals surface area contributed by atoms with Crippen LogP contribution < -0.4 is 16.0 Å². The maximum Gasteiger partial charge on any atom is 0.406 e. The van der Waals surface area contributed by atoms with Crippen LogP contribution in [0.4, 0.5) is 36.4 Å². The number of imidazole rings is 1. The number of alkyl halides is 6. The molecule has 0 unspecified atom stereocenters. The molecule has 2 aliphatic rings. The fourth-order valence-corrected chi connectivity index (χ4v) is 6.31. The van der Waals surface area contributed by atoms with Gasteiger partial charge in [-0.2, -0.15) is 13.2 Å². The van der Waals surface area contributed by atoms with Crippen molar-refractivity contribution in [1.82, 2.24) is 25.1 Å². The molecule has 9 nitrogen and oxygen atoms in total. The minimum absolute atomic E-state index is 0.0404. The molecule has 49 heavy (non-hydrogen) atoms. The summed E-state index contributed by atoms with van der Waals surface area (Å²) >= 11 is 0. The molecule has 2 aliphatic heterocycles. The molecule has 16 heteroatoms. The van der Waals surface area contributed by atoms with E-state index in [2.05, 4.69) is 37.7 Å². The lowest BCUT2D eigenvalue weighted by Crippen LogP contribution is -2.59. The van der Waals surface area contributed by atoms with Crippen LogP contribution in [-0.4, -0.2) is 90.6 Å². The molecule has 5 rings (SSSR count). The fourth-order valence-electron chi connectivity index (χ4n) is 6.31. The zero-order valence-electron chi connectivity index (χ0n) is 26.6. The minimum atomic E-state index is -4.61. The number of nitrogens with one attached hydrogen (secondary N) is 3. The van der Waals surface area contributed by atoms with Gasteiger partial charge in [0.05, 0.1) is 35.6 Å². The van der Waals surface area contributed by atoms with Gasteiger partial charge in [0.15, 0.2) is 0 Å². The van der Waals surface area contributed by atoms with Crippen LogP contribution in [0.25, 0.3) is 11.0 Å². The van der Waals surface area contributed by atoms with Crippen LogP contribution in [0.2, 0.25) is 0 Å². The van der Waals surface area contributed by atoms with Crippen molar-refractivity contribution in [2.24, 2.45) is 5.92 Å². The number of hydrogen-bond acceptors (Lipinski definition) is 6. The van der Waals surface area contributed by atoms with E-state index in [1.807, 2.05) is 6.92 Å². The SMILES string of the molecule is CNC(=O)c1cc(C(F)F)c(NCC#Cc2cc(C(=O)N[C@@H]3[C@@H](C)CN(C4CCOCC4)C[C@@H]3F)c3ncn(CC(F)(F)F)c3c2)cc1F. The number of amides is 2. The molecule has 264 valence electrons. The third-order valence-corrected chi connectivity index (χ3v) is 8.70. The van der Waals surface area contributed by atoms with Gasteiger partial charge in [-0.25, -0.2) is 22.5 Å². The molecule has 0 saturated carbocycles. The van der Waals surface area contributed by atoms with Crippen molar-refractivity contribution in [3.8, 4) is 11.8 Å². The van der Waals surface area contributed by atoms with E-state index in [1.165, 1.54) is 19.2 Å². The lowest BCUT2D eigenvalue weighted by molar-refractivity contribution is -0.140. The number of hydrogen-bond donors (Lipinski definition) is 3. The Hall–Kier alpha value is -4.36. The van der Waals surface area contributed by atoms with E-state index in [0.29, 0.717) is 19.8 Å². The first-order chi connectivity index (χ1) is 23.3. The second kappa shape index (κ2) is 15.0. The molecule has 3 N–H and O–H groups in total. The largest absolute Gasteiger partial charge is 0.406 e. The first-order valence-corrected chi connectivity index (χ1v) is 15.6. The molecule has 0 aliphatic carbocycles. The Morgan fingerprint density at radius 2 is 1.82 bits per heavy atom. The summed E-state index contributed by atoms with van der Waals surface area (Å²) in [6, 6.07) is 3.39. The van der Waals surface area contributed by atoms with Gasteiger partial charge in [0.2, 0.25) is 0 Å². The van der Waals surface area contributed by atoms with Gasteiger partial charge in [-0.15, -0.1) is 0 Å². The molecule has 3 heterocycles. The van der Waals surface area contributed by atoms with Crippen molar-refractivity contribution in [3.05, 3.63) is 58.7 Å². The number of rotatable bonds is 8. The normalized spacial score (nSPS) is 20.6. The second-order valence-corrected chi connectivity index (χ2v) is 12.1. The summed E-state index contributed by atoms with van der Waals surface area (Å²) in [4.78, 5) is 31.6. The maximum atomic E-state index is 15.5. The van der Waals surface area contributed by atoms with Crippen molar-refractivity contribution in [3.63, 3.8) is 0 Å². The highest BCUT2D eigenvalue weighted by molar-refractivity contribution is 6.05. The highest BCUT2D eigenvalue weighted by atomic mass is 19.4. The zero-order valence-corrected chi connectivity index (χ0v) is 26.6. The Kier molecular flexibility index (Phi) is 11.0. The Balaban J connectivity index is 1.39. The van der Waals surface area contributed by atoms with Gasteiger partial charge in [-0.1, -0.05) is 18.8 Å². The van der Waals surface area contributed by atoms with E-state index in [0.717, 1.165) is 35.9 Å². The molecule has 0 spiro atoms. The van der Waals surface area contributed by atoms with Crippen molar-refractivity contribution >= 4 is 28.5 Å². The number of ether oxygens (including phenoxy) is 1. The molecule has 3 atom stereocenters. The van der Waals surface area contributed by atoms with Crippen LogP contribution in [0, 0.1) is 23.6 Å². The number of carbonyl (C=O) groups is 2. The molecular formula is C33H35F7N6O3. The number of carbonyl (C=O) groups excluding carboxylic acids is 2. The van der Waals surface area contributed by atoms with Crippen LogP contribution in [0.3, 0.4) is 0 Å². The molecule has 3 aromatic rings. The monoisotopic (exact) mass is 696 g/mol. The fraction of sp³-hybridized carbons (Fsp3) is 0.485. The summed E-state index contributed by atoms with van der Waals surface area (Å²) < 4.78 is 104. The average Bonchev–Trinajstić information content (AvgIpc) is 3.44. The standard InChI is InChI=1S/C33H35F7N6O3/c1-18-14-45(20-5-8-49-9-6-20)15-25(35)28(18)44-32(48)23-10-19(11-27-29(23)43-17-46(27)16-33(38,39)40)4-3-7-42-26-13-24(34)21(31(47)41-2)12-22(26)30(36)37/h10-13,17-18,20,25,28,30,42H,5-9,14-16H2,1-2H3,(H,41,47)(H,44,48)/t18-,25-,28+/m0/s1. The summed E-state index contributed by atoms with van der Waals surface area (Å²) in [6.07, 6.45) is -6.56. The third kappa shape index (κ3) is 8.45. The lowest BCUT2D eigenvalue weighted by Gasteiger charge is -2.44. The number of halogens is 7. The molecule has 2 aromatic carbocycles. The first kappa shape index (κ1) is 35.9. The first-order valence-electron chi connectivity index (χ1n) is 15.6. The molecule has 0 bridgehead atoms. The highest BCUT2D eigenvalue weighted by Crippen LogP contribution is 2.31. The Bertz CT molecular complexity index is 1730. The molecule has 2 amide bonds. The quantitative estimate of drug-likeness (QED) is 0.225. The number of piperidine rings is 1. The molecule has 1 aromatic heterocycles. The molecular weight excluding hydrogens is 661 g/mol. The number of anilines is 1. The summed E-state index contributed by atoms with van der Waals surface area (Å²) in [5.41, 5.74) is -1.63. The maximum absolute atomic E-state index is 15.5. The van der Waals surface area contributed by atoms with Crippen molar-refractivity contribution in [2.75, 3.05) is 45.2 Å².